The average molecular weight is 456 g/mol. The summed E-state index contributed by atoms with van der Waals surface area (Å²) in [5, 5.41) is 2.08. The lowest BCUT2D eigenvalue weighted by Gasteiger charge is -2.10. The number of pyridine rings is 3. The first-order chi connectivity index (χ1) is 17.0. The number of para-hydroxylation sites is 1. The van der Waals surface area contributed by atoms with Gasteiger partial charge in [0.25, 0.3) is 0 Å². The highest BCUT2D eigenvalue weighted by Gasteiger charge is 2.15. The van der Waals surface area contributed by atoms with Gasteiger partial charge in [-0.05, 0) is 74.4 Å². The summed E-state index contributed by atoms with van der Waals surface area (Å²) in [5.41, 5.74) is 10.8. The average Bonchev–Trinajstić information content (AvgIpc) is 3.21. The van der Waals surface area contributed by atoms with Gasteiger partial charge < -0.3 is 4.42 Å². The SMILES string of the molecule is Cc1cc(Cc2cc(C)cc(-c3cccc4c3oc3nc(C)ccc34)n2)nc(-c2ccccc2)c1. The minimum absolute atomic E-state index is 0.660. The molecule has 170 valence electrons. The summed E-state index contributed by atoms with van der Waals surface area (Å²) in [5.74, 6) is 0. The molecule has 0 N–H and O–H groups in total. The fourth-order valence-corrected chi connectivity index (χ4v) is 4.71. The number of aryl methyl sites for hydroxylation is 3. The van der Waals surface area contributed by atoms with Crippen molar-refractivity contribution in [3.8, 4) is 22.5 Å². The summed E-state index contributed by atoms with van der Waals surface area (Å²) in [7, 11) is 0. The van der Waals surface area contributed by atoms with E-state index in [0.29, 0.717) is 12.1 Å². The lowest BCUT2D eigenvalue weighted by Crippen LogP contribution is -2.00. The first-order valence-electron chi connectivity index (χ1n) is 11.8. The number of hydrogen-bond acceptors (Lipinski definition) is 4. The van der Waals surface area contributed by atoms with Crippen LogP contribution in [-0.4, -0.2) is 15.0 Å². The zero-order valence-electron chi connectivity index (χ0n) is 20.0. The predicted octanol–water partition coefficient (Wildman–Crippen LogP) is 7.62. The molecule has 6 aromatic rings. The monoisotopic (exact) mass is 455 g/mol. The minimum Gasteiger partial charge on any atom is -0.437 e. The van der Waals surface area contributed by atoms with E-state index in [0.717, 1.165) is 61.5 Å². The molecule has 4 nitrogen and oxygen atoms in total. The Bertz CT molecular complexity index is 1700. The molecule has 4 heteroatoms. The predicted molar refractivity (Wildman–Crippen MR) is 141 cm³/mol. The molecule has 0 aliphatic rings. The molecule has 0 unspecified atom stereocenters. The maximum absolute atomic E-state index is 6.23. The second-order valence-corrected chi connectivity index (χ2v) is 9.17. The molecule has 0 atom stereocenters. The van der Waals surface area contributed by atoms with Gasteiger partial charge in [0, 0.05) is 45.4 Å². The number of aromatic nitrogens is 3. The van der Waals surface area contributed by atoms with E-state index in [2.05, 4.69) is 79.5 Å². The summed E-state index contributed by atoms with van der Waals surface area (Å²) in [6.07, 6.45) is 0.660. The summed E-state index contributed by atoms with van der Waals surface area (Å²) in [6, 6.07) is 29.1. The minimum atomic E-state index is 0.660. The van der Waals surface area contributed by atoms with Crippen LogP contribution < -0.4 is 0 Å². The summed E-state index contributed by atoms with van der Waals surface area (Å²) in [6.45, 7) is 6.20. The molecule has 0 saturated carbocycles. The third-order valence-electron chi connectivity index (χ3n) is 6.26. The van der Waals surface area contributed by atoms with E-state index in [1.807, 2.05) is 31.2 Å². The van der Waals surface area contributed by atoms with Crippen molar-refractivity contribution in [2.24, 2.45) is 0 Å². The number of nitrogens with zero attached hydrogens (tertiary/aromatic N) is 3. The van der Waals surface area contributed by atoms with Gasteiger partial charge in [-0.3, -0.25) is 9.97 Å². The van der Waals surface area contributed by atoms with E-state index in [4.69, 9.17) is 14.4 Å². The van der Waals surface area contributed by atoms with Crippen molar-refractivity contribution >= 4 is 22.1 Å². The smallest absolute Gasteiger partial charge is 0.227 e. The van der Waals surface area contributed by atoms with Crippen molar-refractivity contribution in [1.82, 2.24) is 15.0 Å². The second-order valence-electron chi connectivity index (χ2n) is 9.17. The summed E-state index contributed by atoms with van der Waals surface area (Å²) in [4.78, 5) is 14.6. The van der Waals surface area contributed by atoms with E-state index in [9.17, 15) is 0 Å². The van der Waals surface area contributed by atoms with Crippen LogP contribution in [0.1, 0.15) is 28.2 Å². The van der Waals surface area contributed by atoms with Crippen LogP contribution in [0.15, 0.2) is 89.3 Å². The number of rotatable bonds is 4. The van der Waals surface area contributed by atoms with Crippen molar-refractivity contribution < 1.29 is 4.42 Å². The van der Waals surface area contributed by atoms with Crippen LogP contribution in [0.2, 0.25) is 0 Å². The lowest BCUT2D eigenvalue weighted by atomic mass is 10.0. The van der Waals surface area contributed by atoms with Crippen molar-refractivity contribution in [2.75, 3.05) is 0 Å². The van der Waals surface area contributed by atoms with E-state index in [1.54, 1.807) is 0 Å². The van der Waals surface area contributed by atoms with Gasteiger partial charge in [0.1, 0.15) is 5.58 Å². The molecule has 6 rings (SSSR count). The van der Waals surface area contributed by atoms with Gasteiger partial charge >= 0.3 is 0 Å². The molecule has 4 aromatic heterocycles. The Labute approximate surface area is 204 Å². The molecule has 0 radical (unpaired) electrons. The summed E-state index contributed by atoms with van der Waals surface area (Å²) < 4.78 is 6.23. The van der Waals surface area contributed by atoms with E-state index >= 15 is 0 Å². The van der Waals surface area contributed by atoms with Gasteiger partial charge in [-0.15, -0.1) is 0 Å². The van der Waals surface area contributed by atoms with Crippen LogP contribution in [0.25, 0.3) is 44.6 Å². The molecule has 35 heavy (non-hydrogen) atoms. The van der Waals surface area contributed by atoms with Crippen LogP contribution in [0.3, 0.4) is 0 Å². The van der Waals surface area contributed by atoms with Gasteiger partial charge in [-0.1, -0.05) is 42.5 Å². The van der Waals surface area contributed by atoms with Gasteiger partial charge in [-0.25, -0.2) is 4.98 Å². The quantitative estimate of drug-likeness (QED) is 0.274. The van der Waals surface area contributed by atoms with E-state index in [1.165, 1.54) is 5.56 Å². The van der Waals surface area contributed by atoms with E-state index in [-0.39, 0.29) is 0 Å². The highest BCUT2D eigenvalue weighted by Crippen LogP contribution is 2.35. The Morgan fingerprint density at radius 2 is 1.34 bits per heavy atom. The van der Waals surface area contributed by atoms with Crippen molar-refractivity contribution in [3.63, 3.8) is 0 Å². The second kappa shape index (κ2) is 8.48. The molecule has 0 aliphatic carbocycles. The van der Waals surface area contributed by atoms with Crippen molar-refractivity contribution in [1.29, 1.82) is 0 Å². The van der Waals surface area contributed by atoms with Gasteiger partial charge in [0.2, 0.25) is 5.71 Å². The highest BCUT2D eigenvalue weighted by molar-refractivity contribution is 6.08. The largest absolute Gasteiger partial charge is 0.437 e. The Morgan fingerprint density at radius 3 is 2.11 bits per heavy atom. The molecule has 0 bridgehead atoms. The number of hydrogen-bond donors (Lipinski definition) is 0. The van der Waals surface area contributed by atoms with Crippen molar-refractivity contribution in [2.45, 2.75) is 27.2 Å². The number of furan rings is 1. The summed E-state index contributed by atoms with van der Waals surface area (Å²) >= 11 is 0. The van der Waals surface area contributed by atoms with Gasteiger partial charge in [0.15, 0.2) is 0 Å². The third kappa shape index (κ3) is 4.08. The first kappa shape index (κ1) is 21.2. The zero-order valence-corrected chi connectivity index (χ0v) is 20.0. The number of benzene rings is 2. The molecule has 0 spiro atoms. The van der Waals surface area contributed by atoms with Gasteiger partial charge in [-0.2, -0.15) is 0 Å². The molecule has 0 saturated heterocycles. The van der Waals surface area contributed by atoms with E-state index < -0.39 is 0 Å². The maximum Gasteiger partial charge on any atom is 0.227 e. The van der Waals surface area contributed by atoms with Crippen LogP contribution in [0.4, 0.5) is 0 Å². The fourth-order valence-electron chi connectivity index (χ4n) is 4.71. The molecule has 2 aromatic carbocycles. The van der Waals surface area contributed by atoms with Crippen LogP contribution in [0.5, 0.6) is 0 Å². The molecule has 0 amide bonds. The van der Waals surface area contributed by atoms with Crippen LogP contribution in [0, 0.1) is 20.8 Å². The zero-order chi connectivity index (χ0) is 23.9. The first-order valence-corrected chi connectivity index (χ1v) is 11.8. The topological polar surface area (TPSA) is 51.8 Å². The molecular formula is C31H25N3O. The lowest BCUT2D eigenvalue weighted by molar-refractivity contribution is 0.653. The van der Waals surface area contributed by atoms with Gasteiger partial charge in [0.05, 0.1) is 11.4 Å². The van der Waals surface area contributed by atoms with Crippen LogP contribution in [-0.2, 0) is 6.42 Å². The molecule has 0 fully saturated rings. The molecule has 4 heterocycles. The Kier molecular flexibility index (Phi) is 5.14. The number of fused-ring (bicyclic) bond motifs is 3. The third-order valence-corrected chi connectivity index (χ3v) is 6.26. The standard InChI is InChI=1S/C31H25N3O/c1-19-14-23(33-28(16-19)22-8-5-4-6-9-22)18-24-15-20(2)17-29(34-24)27-11-7-10-25-26-13-12-21(3)32-31(26)35-30(25)27/h4-17H,18H2,1-3H3. The molecular weight excluding hydrogens is 430 g/mol. The molecule has 0 aliphatic heterocycles. The maximum atomic E-state index is 6.23. The Hall–Kier alpha value is -4.31. The van der Waals surface area contributed by atoms with Crippen LogP contribution >= 0.6 is 0 Å². The highest BCUT2D eigenvalue weighted by atomic mass is 16.3. The van der Waals surface area contributed by atoms with Crippen molar-refractivity contribution in [3.05, 3.63) is 113 Å². The Balaban J connectivity index is 1.42. The fraction of sp³-hybridized carbons (Fsp3) is 0.129. The normalized spacial score (nSPS) is 11.4. The Morgan fingerprint density at radius 1 is 0.629 bits per heavy atom.